The molecule has 0 saturated carbocycles. The maximum atomic E-state index is 6.02. The Morgan fingerprint density at radius 2 is 2.14 bits per heavy atom. The lowest BCUT2D eigenvalue weighted by molar-refractivity contribution is 0.293. The first-order valence-electron chi connectivity index (χ1n) is 7.83. The Bertz CT molecular complexity index is 616. The number of nitrogens with zero attached hydrogens (tertiary/aromatic N) is 4. The number of benzene rings is 1. The summed E-state index contributed by atoms with van der Waals surface area (Å²) in [6.07, 6.45) is 2.31. The number of hydrogen-bond donors (Lipinski definition) is 0. The predicted molar refractivity (Wildman–Crippen MR) is 88.3 cm³/mol. The Morgan fingerprint density at radius 1 is 1.23 bits per heavy atom. The number of rotatable bonds is 4. The quantitative estimate of drug-likeness (QED) is 0.864. The summed E-state index contributed by atoms with van der Waals surface area (Å²) in [5, 5.41) is 4.76. The second-order valence-corrected chi connectivity index (χ2v) is 6.03. The van der Waals surface area contributed by atoms with Gasteiger partial charge < -0.3 is 14.3 Å². The first-order chi connectivity index (χ1) is 10.8. The minimum absolute atomic E-state index is 0.590. The molecule has 0 atom stereocenters. The molecular weight excluding hydrogens is 300 g/mol. The highest BCUT2D eigenvalue weighted by atomic mass is 35.5. The van der Waals surface area contributed by atoms with Crippen LogP contribution in [0.1, 0.15) is 19.8 Å². The lowest BCUT2D eigenvalue weighted by Crippen LogP contribution is -2.31. The van der Waals surface area contributed by atoms with Crippen LogP contribution in [0.5, 0.6) is 0 Å². The second kappa shape index (κ2) is 7.11. The maximum Gasteiger partial charge on any atom is 0.324 e. The smallest absolute Gasteiger partial charge is 0.323 e. The van der Waals surface area contributed by atoms with E-state index in [1.54, 1.807) is 0 Å². The van der Waals surface area contributed by atoms with Gasteiger partial charge in [0.25, 0.3) is 0 Å². The van der Waals surface area contributed by atoms with E-state index in [0.717, 1.165) is 44.7 Å². The first kappa shape index (κ1) is 15.3. The molecule has 1 aromatic carbocycles. The molecule has 0 amide bonds. The molecule has 1 aromatic heterocycles. The van der Waals surface area contributed by atoms with E-state index in [2.05, 4.69) is 26.9 Å². The summed E-state index contributed by atoms with van der Waals surface area (Å²) in [5.41, 5.74) is 0.880. The highest BCUT2D eigenvalue weighted by molar-refractivity contribution is 6.30. The topological polar surface area (TPSA) is 45.4 Å². The SMILES string of the molecule is CCCN1CCCN(c2nc(-c3cccc(Cl)c3)no2)CC1. The highest BCUT2D eigenvalue weighted by Gasteiger charge is 2.19. The van der Waals surface area contributed by atoms with Crippen LogP contribution in [-0.2, 0) is 0 Å². The van der Waals surface area contributed by atoms with Crippen molar-refractivity contribution < 1.29 is 4.52 Å². The summed E-state index contributed by atoms with van der Waals surface area (Å²) in [4.78, 5) is 9.20. The molecule has 0 radical (unpaired) electrons. The summed E-state index contributed by atoms with van der Waals surface area (Å²) < 4.78 is 5.45. The monoisotopic (exact) mass is 320 g/mol. The van der Waals surface area contributed by atoms with Gasteiger partial charge in [-0.15, -0.1) is 0 Å². The highest BCUT2D eigenvalue weighted by Crippen LogP contribution is 2.23. The number of anilines is 1. The van der Waals surface area contributed by atoms with Gasteiger partial charge in [-0.3, -0.25) is 0 Å². The summed E-state index contributed by atoms with van der Waals surface area (Å²) in [5.74, 6) is 0.590. The zero-order valence-electron chi connectivity index (χ0n) is 12.8. The molecule has 0 bridgehead atoms. The lowest BCUT2D eigenvalue weighted by atomic mass is 10.2. The Labute approximate surface area is 135 Å². The third kappa shape index (κ3) is 3.59. The van der Waals surface area contributed by atoms with Crippen molar-refractivity contribution in [2.45, 2.75) is 19.8 Å². The van der Waals surface area contributed by atoms with Crippen molar-refractivity contribution in [1.82, 2.24) is 15.0 Å². The lowest BCUT2D eigenvalue weighted by Gasteiger charge is -2.19. The van der Waals surface area contributed by atoms with Crippen LogP contribution in [0.25, 0.3) is 11.4 Å². The standard InChI is InChI=1S/C16H21ClN4O/c1-2-7-20-8-4-9-21(11-10-20)16-18-15(19-22-16)13-5-3-6-14(17)12-13/h3,5-6,12H,2,4,7-11H2,1H3. The fourth-order valence-electron chi connectivity index (χ4n) is 2.79. The molecule has 1 fully saturated rings. The van der Waals surface area contributed by atoms with Crippen molar-refractivity contribution in [3.8, 4) is 11.4 Å². The third-order valence-corrected chi connectivity index (χ3v) is 4.13. The molecule has 2 heterocycles. The fraction of sp³-hybridized carbons (Fsp3) is 0.500. The van der Waals surface area contributed by atoms with Crippen molar-refractivity contribution in [2.75, 3.05) is 37.6 Å². The molecule has 22 heavy (non-hydrogen) atoms. The van der Waals surface area contributed by atoms with Gasteiger partial charge in [0.2, 0.25) is 5.82 Å². The van der Waals surface area contributed by atoms with Gasteiger partial charge in [0.05, 0.1) is 0 Å². The van der Waals surface area contributed by atoms with Crippen molar-refractivity contribution in [1.29, 1.82) is 0 Å². The molecule has 0 spiro atoms. The van der Waals surface area contributed by atoms with E-state index in [9.17, 15) is 0 Å². The normalized spacial score (nSPS) is 16.7. The summed E-state index contributed by atoms with van der Waals surface area (Å²) in [6.45, 7) is 7.44. The average Bonchev–Trinajstić information content (AvgIpc) is 2.89. The second-order valence-electron chi connectivity index (χ2n) is 5.59. The van der Waals surface area contributed by atoms with E-state index in [1.807, 2.05) is 24.3 Å². The van der Waals surface area contributed by atoms with Gasteiger partial charge in [0, 0.05) is 30.2 Å². The molecule has 5 nitrogen and oxygen atoms in total. The molecule has 0 N–H and O–H groups in total. The predicted octanol–water partition coefficient (Wildman–Crippen LogP) is 3.31. The molecular formula is C16H21ClN4O. The van der Waals surface area contributed by atoms with E-state index in [-0.39, 0.29) is 0 Å². The molecule has 0 aliphatic carbocycles. The van der Waals surface area contributed by atoms with Gasteiger partial charge in [0.15, 0.2) is 0 Å². The molecule has 0 unspecified atom stereocenters. The van der Waals surface area contributed by atoms with Crippen molar-refractivity contribution >= 4 is 17.6 Å². The zero-order valence-corrected chi connectivity index (χ0v) is 13.6. The van der Waals surface area contributed by atoms with Gasteiger partial charge in [0.1, 0.15) is 0 Å². The Morgan fingerprint density at radius 3 is 2.95 bits per heavy atom. The minimum Gasteiger partial charge on any atom is -0.323 e. The summed E-state index contributed by atoms with van der Waals surface area (Å²) in [6, 6.07) is 8.12. The molecule has 1 aliphatic heterocycles. The average molecular weight is 321 g/mol. The fourth-order valence-corrected chi connectivity index (χ4v) is 2.98. The summed E-state index contributed by atoms with van der Waals surface area (Å²) >= 11 is 6.02. The van der Waals surface area contributed by atoms with Crippen LogP contribution < -0.4 is 4.90 Å². The van der Waals surface area contributed by atoms with E-state index in [1.165, 1.54) is 6.42 Å². The van der Waals surface area contributed by atoms with E-state index in [0.29, 0.717) is 16.9 Å². The van der Waals surface area contributed by atoms with Crippen LogP contribution in [0.15, 0.2) is 28.8 Å². The molecule has 1 saturated heterocycles. The van der Waals surface area contributed by atoms with E-state index >= 15 is 0 Å². The van der Waals surface area contributed by atoms with E-state index < -0.39 is 0 Å². The molecule has 2 aromatic rings. The van der Waals surface area contributed by atoms with Crippen LogP contribution in [0.3, 0.4) is 0 Å². The van der Waals surface area contributed by atoms with Crippen LogP contribution >= 0.6 is 11.6 Å². The number of halogens is 1. The third-order valence-electron chi connectivity index (χ3n) is 3.90. The van der Waals surface area contributed by atoms with E-state index in [4.69, 9.17) is 16.1 Å². The maximum absolute atomic E-state index is 6.02. The molecule has 118 valence electrons. The van der Waals surface area contributed by atoms with Crippen molar-refractivity contribution in [2.24, 2.45) is 0 Å². The Hall–Kier alpha value is -1.59. The molecule has 1 aliphatic rings. The van der Waals surface area contributed by atoms with Gasteiger partial charge in [-0.25, -0.2) is 0 Å². The van der Waals surface area contributed by atoms with Crippen molar-refractivity contribution in [3.05, 3.63) is 29.3 Å². The zero-order chi connectivity index (χ0) is 15.4. The van der Waals surface area contributed by atoms with Crippen LogP contribution in [0.4, 0.5) is 6.01 Å². The largest absolute Gasteiger partial charge is 0.324 e. The van der Waals surface area contributed by atoms with Gasteiger partial charge in [-0.1, -0.05) is 35.8 Å². The number of aromatic nitrogens is 2. The Kier molecular flexibility index (Phi) is 4.95. The first-order valence-corrected chi connectivity index (χ1v) is 8.21. The minimum atomic E-state index is 0.590. The summed E-state index contributed by atoms with van der Waals surface area (Å²) in [7, 11) is 0. The van der Waals surface area contributed by atoms with Gasteiger partial charge in [-0.05, 0) is 38.1 Å². The van der Waals surface area contributed by atoms with Crippen LogP contribution in [0.2, 0.25) is 5.02 Å². The van der Waals surface area contributed by atoms with Gasteiger partial charge in [-0.2, -0.15) is 4.98 Å². The van der Waals surface area contributed by atoms with Crippen molar-refractivity contribution in [3.63, 3.8) is 0 Å². The molecule has 6 heteroatoms. The van der Waals surface area contributed by atoms with Crippen LogP contribution in [-0.4, -0.2) is 47.8 Å². The number of hydrogen-bond acceptors (Lipinski definition) is 5. The van der Waals surface area contributed by atoms with Crippen LogP contribution in [0, 0.1) is 0 Å². The Balaban J connectivity index is 1.71. The van der Waals surface area contributed by atoms with Gasteiger partial charge >= 0.3 is 6.01 Å². The molecule has 3 rings (SSSR count).